The number of aliphatic hydroxyl groups excluding tert-OH is 1. The predicted molar refractivity (Wildman–Crippen MR) is 63.8 cm³/mol. The Bertz CT molecular complexity index is 326. The molecule has 0 saturated heterocycles. The molecule has 1 rings (SSSR count). The lowest BCUT2D eigenvalue weighted by molar-refractivity contribution is 0.197. The van der Waals surface area contributed by atoms with Crippen LogP contribution in [0.3, 0.4) is 0 Å². The van der Waals surface area contributed by atoms with Gasteiger partial charge in [-0.05, 0) is 19.1 Å². The second-order valence-corrected chi connectivity index (χ2v) is 5.43. The average molecular weight is 226 g/mol. The van der Waals surface area contributed by atoms with Gasteiger partial charge >= 0.3 is 0 Å². The minimum atomic E-state index is -0.489. The molecule has 0 aliphatic heterocycles. The fourth-order valence-electron chi connectivity index (χ4n) is 1.25. The van der Waals surface area contributed by atoms with Crippen LogP contribution in [0.2, 0.25) is 0 Å². The van der Waals surface area contributed by atoms with Crippen LogP contribution in [0.25, 0.3) is 0 Å². The summed E-state index contributed by atoms with van der Waals surface area (Å²) in [4.78, 5) is 8.62. The number of aromatic nitrogens is 2. The van der Waals surface area contributed by atoms with Crippen molar-refractivity contribution in [2.75, 3.05) is 0 Å². The summed E-state index contributed by atoms with van der Waals surface area (Å²) in [7, 11) is 0. The molecule has 84 valence electrons. The first-order chi connectivity index (χ1) is 7.00. The van der Waals surface area contributed by atoms with E-state index in [0.717, 1.165) is 22.8 Å². The van der Waals surface area contributed by atoms with Gasteiger partial charge in [0.2, 0.25) is 0 Å². The van der Waals surface area contributed by atoms with Gasteiger partial charge in [0.15, 0.2) is 0 Å². The minimum Gasteiger partial charge on any atom is -0.389 e. The van der Waals surface area contributed by atoms with E-state index in [4.69, 9.17) is 0 Å². The van der Waals surface area contributed by atoms with Crippen LogP contribution in [0.4, 0.5) is 0 Å². The summed E-state index contributed by atoms with van der Waals surface area (Å²) in [5.74, 6) is 1.68. The van der Waals surface area contributed by atoms with Gasteiger partial charge in [-0.25, -0.2) is 9.97 Å². The molecule has 0 bridgehead atoms. The van der Waals surface area contributed by atoms with Crippen molar-refractivity contribution in [3.05, 3.63) is 23.3 Å². The highest BCUT2D eigenvalue weighted by molar-refractivity contribution is 7.99. The average Bonchev–Trinajstić information content (AvgIpc) is 2.14. The van der Waals surface area contributed by atoms with Gasteiger partial charge in [0, 0.05) is 17.5 Å². The summed E-state index contributed by atoms with van der Waals surface area (Å²) in [5, 5.41) is 10.0. The quantitative estimate of drug-likeness (QED) is 0.856. The third kappa shape index (κ3) is 3.80. The third-order valence-corrected chi connectivity index (χ3v) is 3.15. The zero-order valence-corrected chi connectivity index (χ0v) is 10.5. The molecular formula is C11H18N2OS. The van der Waals surface area contributed by atoms with Crippen molar-refractivity contribution in [1.29, 1.82) is 0 Å². The Hall–Kier alpha value is -0.610. The molecule has 1 N–H and O–H groups in total. The molecule has 0 amide bonds. The molecule has 0 fully saturated rings. The maximum Gasteiger partial charge on any atom is 0.138 e. The van der Waals surface area contributed by atoms with Gasteiger partial charge in [0.1, 0.15) is 5.82 Å². The second-order valence-electron chi connectivity index (χ2n) is 3.86. The maximum absolute atomic E-state index is 9.43. The van der Waals surface area contributed by atoms with Gasteiger partial charge in [0.25, 0.3) is 0 Å². The molecule has 0 radical (unpaired) electrons. The largest absolute Gasteiger partial charge is 0.389 e. The van der Waals surface area contributed by atoms with E-state index in [-0.39, 0.29) is 0 Å². The van der Waals surface area contributed by atoms with E-state index in [1.807, 2.05) is 18.7 Å². The van der Waals surface area contributed by atoms with Crippen LogP contribution < -0.4 is 0 Å². The molecular weight excluding hydrogens is 208 g/mol. The number of aliphatic hydroxyl groups is 1. The number of aryl methyl sites for hydroxylation is 1. The van der Waals surface area contributed by atoms with Crippen molar-refractivity contribution < 1.29 is 5.11 Å². The van der Waals surface area contributed by atoms with Crippen molar-refractivity contribution in [3.63, 3.8) is 0 Å². The molecule has 0 aliphatic carbocycles. The van der Waals surface area contributed by atoms with E-state index in [9.17, 15) is 5.11 Å². The van der Waals surface area contributed by atoms with Crippen LogP contribution >= 0.6 is 11.8 Å². The molecule has 0 saturated carbocycles. The van der Waals surface area contributed by atoms with Gasteiger partial charge in [-0.3, -0.25) is 0 Å². The molecule has 0 aliphatic rings. The summed E-state index contributed by atoms with van der Waals surface area (Å²) in [6.45, 7) is 7.95. The Kier molecular flexibility index (Phi) is 4.54. The molecule has 1 heterocycles. The van der Waals surface area contributed by atoms with Crippen LogP contribution in [-0.4, -0.2) is 20.3 Å². The molecule has 0 spiro atoms. The first-order valence-electron chi connectivity index (χ1n) is 5.12. The lowest BCUT2D eigenvalue weighted by Crippen LogP contribution is -2.03. The number of nitrogens with zero attached hydrogens (tertiary/aromatic N) is 2. The van der Waals surface area contributed by atoms with Crippen molar-refractivity contribution in [3.8, 4) is 0 Å². The number of hydrogen-bond acceptors (Lipinski definition) is 4. The van der Waals surface area contributed by atoms with E-state index in [0.29, 0.717) is 5.25 Å². The highest BCUT2D eigenvalue weighted by Gasteiger charge is 2.08. The summed E-state index contributed by atoms with van der Waals surface area (Å²) in [6, 6.07) is 0. The molecule has 1 aromatic rings. The van der Waals surface area contributed by atoms with Crippen molar-refractivity contribution in [1.82, 2.24) is 9.97 Å². The Balaban J connectivity index is 2.73. The number of rotatable bonds is 4. The first-order valence-corrected chi connectivity index (χ1v) is 6.17. The van der Waals surface area contributed by atoms with Crippen molar-refractivity contribution >= 4 is 11.8 Å². The second kappa shape index (κ2) is 5.47. The number of hydrogen-bond donors (Lipinski definition) is 1. The highest BCUT2D eigenvalue weighted by Crippen LogP contribution is 2.18. The van der Waals surface area contributed by atoms with Gasteiger partial charge in [-0.2, -0.15) is 11.8 Å². The Labute approximate surface area is 95.3 Å². The van der Waals surface area contributed by atoms with E-state index >= 15 is 0 Å². The van der Waals surface area contributed by atoms with Crippen LogP contribution in [-0.2, 0) is 5.75 Å². The molecule has 1 unspecified atom stereocenters. The van der Waals surface area contributed by atoms with Gasteiger partial charge in [-0.15, -0.1) is 0 Å². The van der Waals surface area contributed by atoms with E-state index < -0.39 is 6.10 Å². The Morgan fingerprint density at radius 2 is 2.07 bits per heavy atom. The van der Waals surface area contributed by atoms with E-state index in [1.54, 1.807) is 13.1 Å². The standard InChI is InChI=1S/C11H18N2OS/c1-7(2)15-6-11-12-5-10(9(4)14)8(3)13-11/h5,7,9,14H,6H2,1-4H3. The van der Waals surface area contributed by atoms with Gasteiger partial charge < -0.3 is 5.11 Å². The van der Waals surface area contributed by atoms with Gasteiger partial charge in [0.05, 0.1) is 11.9 Å². The summed E-state index contributed by atoms with van der Waals surface area (Å²) < 4.78 is 0. The van der Waals surface area contributed by atoms with Crippen LogP contribution in [0.15, 0.2) is 6.20 Å². The van der Waals surface area contributed by atoms with E-state index in [1.165, 1.54) is 0 Å². The van der Waals surface area contributed by atoms with E-state index in [2.05, 4.69) is 23.8 Å². The Morgan fingerprint density at radius 3 is 2.53 bits per heavy atom. The Morgan fingerprint density at radius 1 is 1.40 bits per heavy atom. The van der Waals surface area contributed by atoms with Crippen molar-refractivity contribution in [2.45, 2.75) is 44.8 Å². The highest BCUT2D eigenvalue weighted by atomic mass is 32.2. The zero-order chi connectivity index (χ0) is 11.4. The molecule has 1 aromatic heterocycles. The lowest BCUT2D eigenvalue weighted by Gasteiger charge is -2.09. The van der Waals surface area contributed by atoms with Gasteiger partial charge in [-0.1, -0.05) is 13.8 Å². The molecule has 15 heavy (non-hydrogen) atoms. The third-order valence-electron chi connectivity index (χ3n) is 2.06. The molecule has 3 nitrogen and oxygen atoms in total. The summed E-state index contributed by atoms with van der Waals surface area (Å²) >= 11 is 1.82. The predicted octanol–water partition coefficient (Wildman–Crippen LogP) is 2.48. The van der Waals surface area contributed by atoms with Crippen LogP contribution in [0.5, 0.6) is 0 Å². The van der Waals surface area contributed by atoms with Crippen LogP contribution in [0, 0.1) is 6.92 Å². The topological polar surface area (TPSA) is 46.0 Å². The SMILES string of the molecule is Cc1nc(CSC(C)C)ncc1C(C)O. The van der Waals surface area contributed by atoms with Crippen molar-refractivity contribution in [2.24, 2.45) is 0 Å². The summed E-state index contributed by atoms with van der Waals surface area (Å²) in [5.41, 5.74) is 1.69. The minimum absolute atomic E-state index is 0.489. The fourth-order valence-corrected chi connectivity index (χ4v) is 1.87. The first kappa shape index (κ1) is 12.5. The molecule has 1 atom stereocenters. The monoisotopic (exact) mass is 226 g/mol. The number of thioether (sulfide) groups is 1. The smallest absolute Gasteiger partial charge is 0.138 e. The molecule has 4 heteroatoms. The lowest BCUT2D eigenvalue weighted by atomic mass is 10.1. The normalized spacial score (nSPS) is 13.2. The summed E-state index contributed by atoms with van der Waals surface area (Å²) in [6.07, 6.45) is 1.24. The fraction of sp³-hybridized carbons (Fsp3) is 0.636. The molecule has 0 aromatic carbocycles. The van der Waals surface area contributed by atoms with Crippen LogP contribution in [0.1, 0.15) is 44.0 Å². The zero-order valence-electron chi connectivity index (χ0n) is 9.69. The maximum atomic E-state index is 9.43.